The van der Waals surface area contributed by atoms with Crippen molar-refractivity contribution in [3.8, 4) is 0 Å². The maximum absolute atomic E-state index is 13.7. The lowest BCUT2D eigenvalue weighted by Gasteiger charge is -2.24. The average Bonchev–Trinajstić information content (AvgIpc) is 3.22. The number of sulfone groups is 1. The van der Waals surface area contributed by atoms with E-state index in [0.717, 1.165) is 37.6 Å². The van der Waals surface area contributed by atoms with Crippen LogP contribution in [0.5, 0.6) is 0 Å². The molecule has 1 aromatic carbocycles. The largest absolute Gasteiger partial charge is 0.501 e. The second-order valence-corrected chi connectivity index (χ2v) is 11.9. The van der Waals surface area contributed by atoms with Gasteiger partial charge in [0.1, 0.15) is 11.6 Å². The highest BCUT2D eigenvalue weighted by molar-refractivity contribution is 7.92. The lowest BCUT2D eigenvalue weighted by Crippen LogP contribution is -2.29. The van der Waals surface area contributed by atoms with Crippen molar-refractivity contribution >= 4 is 33.1 Å². The van der Waals surface area contributed by atoms with E-state index >= 15 is 0 Å². The SMILES string of the molecule is CC1CCCN1c1nc2c(c(Nc3ccc(S(=O)(=O)C(F)(F)F)cc3)n1)CCN(c1ncccc1C(F)(F)F)CC2. The van der Waals surface area contributed by atoms with Crippen LogP contribution in [0.2, 0.25) is 0 Å². The Morgan fingerprint density at radius 3 is 2.29 bits per heavy atom. The van der Waals surface area contributed by atoms with E-state index < -0.39 is 32.0 Å². The van der Waals surface area contributed by atoms with Crippen molar-refractivity contribution < 1.29 is 34.8 Å². The molecule has 4 heterocycles. The van der Waals surface area contributed by atoms with E-state index in [1.165, 1.54) is 24.4 Å². The molecule has 0 amide bonds. The fourth-order valence-corrected chi connectivity index (χ4v) is 5.88. The van der Waals surface area contributed by atoms with E-state index in [1.54, 1.807) is 4.90 Å². The third-order valence-corrected chi connectivity index (χ3v) is 8.77. The number of hydrogen-bond donors (Lipinski definition) is 1. The first-order valence-corrected chi connectivity index (χ1v) is 14.4. The number of aromatic nitrogens is 3. The normalized spacial score (nSPS) is 18.3. The third kappa shape index (κ3) is 5.76. The van der Waals surface area contributed by atoms with Gasteiger partial charge in [-0.05, 0) is 62.6 Å². The Bertz CT molecular complexity index is 1530. The van der Waals surface area contributed by atoms with Gasteiger partial charge in [0.25, 0.3) is 9.84 Å². The van der Waals surface area contributed by atoms with Crippen LogP contribution in [-0.2, 0) is 28.9 Å². The average molecular weight is 601 g/mol. The Kier molecular flexibility index (Phi) is 7.51. The number of benzene rings is 1. The van der Waals surface area contributed by atoms with Gasteiger partial charge in [-0.1, -0.05) is 0 Å². The van der Waals surface area contributed by atoms with Crippen LogP contribution in [-0.4, -0.2) is 54.6 Å². The van der Waals surface area contributed by atoms with Crippen LogP contribution in [0.25, 0.3) is 0 Å². The minimum absolute atomic E-state index is 0.165. The lowest BCUT2D eigenvalue weighted by atomic mass is 10.1. The van der Waals surface area contributed by atoms with Crippen molar-refractivity contribution in [2.75, 3.05) is 34.8 Å². The van der Waals surface area contributed by atoms with Gasteiger partial charge in [-0.25, -0.2) is 18.4 Å². The summed E-state index contributed by atoms with van der Waals surface area (Å²) < 4.78 is 104. The zero-order chi connectivity index (χ0) is 29.6. The van der Waals surface area contributed by atoms with Crippen molar-refractivity contribution in [1.82, 2.24) is 15.0 Å². The molecule has 0 radical (unpaired) electrons. The van der Waals surface area contributed by atoms with Crippen molar-refractivity contribution in [2.45, 2.75) is 55.2 Å². The predicted molar refractivity (Wildman–Crippen MR) is 140 cm³/mol. The molecule has 3 aromatic rings. The van der Waals surface area contributed by atoms with E-state index in [2.05, 4.69) is 10.3 Å². The van der Waals surface area contributed by atoms with Crippen LogP contribution in [0.3, 0.4) is 0 Å². The van der Waals surface area contributed by atoms with E-state index in [0.29, 0.717) is 29.4 Å². The molecule has 8 nitrogen and oxygen atoms in total. The van der Waals surface area contributed by atoms with Crippen molar-refractivity contribution in [1.29, 1.82) is 0 Å². The molecule has 0 aliphatic carbocycles. The Labute approximate surface area is 232 Å². The van der Waals surface area contributed by atoms with Crippen molar-refractivity contribution in [2.24, 2.45) is 0 Å². The number of anilines is 4. The molecular formula is C26H26F6N6O2S. The van der Waals surface area contributed by atoms with Gasteiger partial charge in [0.05, 0.1) is 16.2 Å². The number of nitrogens with one attached hydrogen (secondary N) is 1. The zero-order valence-corrected chi connectivity index (χ0v) is 22.6. The summed E-state index contributed by atoms with van der Waals surface area (Å²) in [5, 5.41) is 3.08. The highest BCUT2D eigenvalue weighted by atomic mass is 32.2. The molecule has 2 aliphatic heterocycles. The summed E-state index contributed by atoms with van der Waals surface area (Å²) in [4.78, 5) is 16.2. The zero-order valence-electron chi connectivity index (χ0n) is 21.8. The molecule has 2 aliphatic rings. The molecule has 15 heteroatoms. The fourth-order valence-electron chi connectivity index (χ4n) is 5.12. The second kappa shape index (κ2) is 10.7. The lowest BCUT2D eigenvalue weighted by molar-refractivity contribution is -0.137. The molecule has 1 saturated heterocycles. The van der Waals surface area contributed by atoms with Gasteiger partial charge in [-0.15, -0.1) is 0 Å². The van der Waals surface area contributed by atoms with E-state index in [9.17, 15) is 34.8 Å². The van der Waals surface area contributed by atoms with Crippen LogP contribution in [0.1, 0.15) is 36.6 Å². The van der Waals surface area contributed by atoms with Gasteiger partial charge >= 0.3 is 11.7 Å². The topological polar surface area (TPSA) is 91.3 Å². The maximum Gasteiger partial charge on any atom is 0.501 e. The molecule has 5 rings (SSSR count). The Hall–Kier alpha value is -3.62. The number of hydrogen-bond acceptors (Lipinski definition) is 8. The van der Waals surface area contributed by atoms with Gasteiger partial charge in [-0.2, -0.15) is 31.3 Å². The number of rotatable bonds is 5. The van der Waals surface area contributed by atoms with Gasteiger partial charge in [0, 0.05) is 49.5 Å². The molecule has 0 saturated carbocycles. The number of halogens is 6. The van der Waals surface area contributed by atoms with Crippen LogP contribution >= 0.6 is 0 Å². The highest BCUT2D eigenvalue weighted by Gasteiger charge is 2.46. The van der Waals surface area contributed by atoms with Gasteiger partial charge in [0.15, 0.2) is 0 Å². The Morgan fingerprint density at radius 2 is 1.66 bits per heavy atom. The Balaban J connectivity index is 1.49. The summed E-state index contributed by atoms with van der Waals surface area (Å²) >= 11 is 0. The molecular weight excluding hydrogens is 574 g/mol. The molecule has 1 unspecified atom stereocenters. The molecule has 1 atom stereocenters. The summed E-state index contributed by atoms with van der Waals surface area (Å²) in [6.07, 6.45) is -0.829. The summed E-state index contributed by atoms with van der Waals surface area (Å²) in [6, 6.07) is 6.52. The molecule has 2 aromatic heterocycles. The van der Waals surface area contributed by atoms with Crippen LogP contribution in [0.15, 0.2) is 47.5 Å². The summed E-state index contributed by atoms with van der Waals surface area (Å²) in [5.74, 6) is 0.620. The number of pyridine rings is 1. The van der Waals surface area contributed by atoms with E-state index in [-0.39, 0.29) is 37.1 Å². The first kappa shape index (κ1) is 28.9. The predicted octanol–water partition coefficient (Wildman–Crippen LogP) is 5.52. The van der Waals surface area contributed by atoms with Gasteiger partial charge in [-0.3, -0.25) is 0 Å². The van der Waals surface area contributed by atoms with Gasteiger partial charge in [0.2, 0.25) is 5.95 Å². The molecule has 0 bridgehead atoms. The molecule has 0 spiro atoms. The quantitative estimate of drug-likeness (QED) is 0.383. The third-order valence-electron chi connectivity index (χ3n) is 7.26. The minimum atomic E-state index is -5.51. The van der Waals surface area contributed by atoms with Crippen molar-refractivity contribution in [3.05, 3.63) is 59.4 Å². The molecule has 220 valence electrons. The first-order chi connectivity index (χ1) is 19.3. The first-order valence-electron chi connectivity index (χ1n) is 12.9. The monoisotopic (exact) mass is 600 g/mol. The fraction of sp³-hybridized carbons (Fsp3) is 0.423. The van der Waals surface area contributed by atoms with Crippen LogP contribution < -0.4 is 15.1 Å². The number of fused-ring (bicyclic) bond motifs is 1. The van der Waals surface area contributed by atoms with Crippen LogP contribution in [0.4, 0.5) is 49.6 Å². The summed E-state index contributed by atoms with van der Waals surface area (Å²) in [7, 11) is -5.51. The van der Waals surface area contributed by atoms with Crippen molar-refractivity contribution in [3.63, 3.8) is 0 Å². The standard InChI is InChI=1S/C26H26F6N6O2S/c1-16-4-3-13-38(16)24-35-21-11-15-37(23-20(25(27,28)29)5-2-12-33-23)14-10-19(21)22(36-24)34-17-6-8-18(9-7-17)41(39,40)26(30,31)32/h2,5-9,12,16H,3-4,10-11,13-15H2,1H3,(H,34,35,36). The maximum atomic E-state index is 13.7. The van der Waals surface area contributed by atoms with Crippen LogP contribution in [0, 0.1) is 0 Å². The summed E-state index contributed by atoms with van der Waals surface area (Å²) in [6.45, 7) is 3.17. The Morgan fingerprint density at radius 1 is 0.951 bits per heavy atom. The summed E-state index contributed by atoms with van der Waals surface area (Å²) in [5.41, 5.74) is -4.69. The highest BCUT2D eigenvalue weighted by Crippen LogP contribution is 2.37. The van der Waals surface area contributed by atoms with E-state index in [4.69, 9.17) is 9.97 Å². The molecule has 1 N–H and O–H groups in total. The molecule has 41 heavy (non-hydrogen) atoms. The minimum Gasteiger partial charge on any atom is -0.355 e. The van der Waals surface area contributed by atoms with E-state index in [1.807, 2.05) is 11.8 Å². The number of nitrogens with zero attached hydrogens (tertiary/aromatic N) is 5. The number of alkyl halides is 6. The van der Waals surface area contributed by atoms with Gasteiger partial charge < -0.3 is 15.1 Å². The smallest absolute Gasteiger partial charge is 0.355 e. The molecule has 1 fully saturated rings. The second-order valence-electron chi connectivity index (χ2n) is 9.94.